The van der Waals surface area contributed by atoms with E-state index in [9.17, 15) is 4.79 Å². The molecule has 0 bridgehead atoms. The number of nitrogens with zero attached hydrogens (tertiary/aromatic N) is 1. The lowest BCUT2D eigenvalue weighted by Crippen LogP contribution is -2.35. The molecule has 0 atom stereocenters. The Labute approximate surface area is 127 Å². The molecule has 0 fully saturated rings. The van der Waals surface area contributed by atoms with Crippen molar-refractivity contribution in [2.24, 2.45) is 0 Å². The molecule has 2 aromatic rings. The van der Waals surface area contributed by atoms with Gasteiger partial charge in [0.05, 0.1) is 10.6 Å². The summed E-state index contributed by atoms with van der Waals surface area (Å²) in [5.41, 5.74) is 8.36. The summed E-state index contributed by atoms with van der Waals surface area (Å²) in [6, 6.07) is 5.73. The van der Waals surface area contributed by atoms with Gasteiger partial charge in [0.25, 0.3) is 5.91 Å². The Kier molecular flexibility index (Phi) is 4.01. The van der Waals surface area contributed by atoms with Crippen molar-refractivity contribution in [2.45, 2.75) is 25.7 Å². The molecule has 0 saturated carbocycles. The minimum atomic E-state index is -0.112. The SMILES string of the molecule is C=C(NNC(=O)c1cc2c(s1)CCCC2)c1cccnc1. The molecule has 0 spiro atoms. The molecule has 2 aromatic heterocycles. The number of nitrogens with one attached hydrogen (secondary N) is 2. The van der Waals surface area contributed by atoms with E-state index in [0.717, 1.165) is 23.3 Å². The van der Waals surface area contributed by atoms with E-state index in [1.165, 1.54) is 23.3 Å². The lowest BCUT2D eigenvalue weighted by Gasteiger charge is -2.09. The summed E-state index contributed by atoms with van der Waals surface area (Å²) in [6.07, 6.45) is 8.04. The summed E-state index contributed by atoms with van der Waals surface area (Å²) in [7, 11) is 0. The van der Waals surface area contributed by atoms with Crippen molar-refractivity contribution < 1.29 is 4.79 Å². The maximum absolute atomic E-state index is 12.2. The largest absolute Gasteiger partial charge is 0.298 e. The molecular weight excluding hydrogens is 282 g/mol. The fourth-order valence-corrected chi connectivity index (χ4v) is 3.56. The number of thiophene rings is 1. The van der Waals surface area contributed by atoms with Gasteiger partial charge in [0.15, 0.2) is 0 Å². The van der Waals surface area contributed by atoms with Crippen LogP contribution >= 0.6 is 11.3 Å². The molecule has 2 N–H and O–H groups in total. The molecule has 1 aliphatic rings. The fourth-order valence-electron chi connectivity index (χ4n) is 2.41. The predicted molar refractivity (Wildman–Crippen MR) is 84.8 cm³/mol. The van der Waals surface area contributed by atoms with E-state index in [-0.39, 0.29) is 5.91 Å². The molecule has 0 aromatic carbocycles. The van der Waals surface area contributed by atoms with Crippen LogP contribution in [0.5, 0.6) is 0 Å². The van der Waals surface area contributed by atoms with E-state index < -0.39 is 0 Å². The summed E-state index contributed by atoms with van der Waals surface area (Å²) in [5.74, 6) is -0.112. The second kappa shape index (κ2) is 6.10. The molecule has 1 amide bonds. The normalized spacial score (nSPS) is 13.3. The summed E-state index contributed by atoms with van der Waals surface area (Å²) < 4.78 is 0. The minimum absolute atomic E-state index is 0.112. The number of carbonyl (C=O) groups is 1. The van der Waals surface area contributed by atoms with Crippen molar-refractivity contribution >= 4 is 22.9 Å². The first-order valence-electron chi connectivity index (χ1n) is 7.01. The number of pyridine rings is 1. The van der Waals surface area contributed by atoms with Crippen molar-refractivity contribution in [3.8, 4) is 0 Å². The van der Waals surface area contributed by atoms with E-state index in [1.54, 1.807) is 23.7 Å². The van der Waals surface area contributed by atoms with E-state index in [1.807, 2.05) is 18.2 Å². The highest BCUT2D eigenvalue weighted by molar-refractivity contribution is 7.14. The van der Waals surface area contributed by atoms with Gasteiger partial charge in [0, 0.05) is 22.8 Å². The number of fused-ring (bicyclic) bond motifs is 1. The van der Waals surface area contributed by atoms with Crippen molar-refractivity contribution in [3.63, 3.8) is 0 Å². The Morgan fingerprint density at radius 3 is 2.90 bits per heavy atom. The van der Waals surface area contributed by atoms with Crippen LogP contribution in [0.3, 0.4) is 0 Å². The van der Waals surface area contributed by atoms with Crippen LogP contribution in [0.25, 0.3) is 5.70 Å². The maximum Gasteiger partial charge on any atom is 0.279 e. The molecule has 2 heterocycles. The summed E-state index contributed by atoms with van der Waals surface area (Å²) in [5, 5.41) is 0. The molecule has 1 aliphatic carbocycles. The van der Waals surface area contributed by atoms with Crippen LogP contribution in [-0.2, 0) is 12.8 Å². The van der Waals surface area contributed by atoms with Crippen LogP contribution in [-0.4, -0.2) is 10.9 Å². The second-order valence-corrected chi connectivity index (χ2v) is 6.20. The minimum Gasteiger partial charge on any atom is -0.298 e. The van der Waals surface area contributed by atoms with E-state index in [2.05, 4.69) is 22.4 Å². The van der Waals surface area contributed by atoms with Crippen molar-refractivity contribution in [2.75, 3.05) is 0 Å². The zero-order valence-corrected chi connectivity index (χ0v) is 12.5. The average Bonchev–Trinajstić information content (AvgIpc) is 2.97. The third-order valence-electron chi connectivity index (χ3n) is 3.56. The second-order valence-electron chi connectivity index (χ2n) is 5.07. The number of carbonyl (C=O) groups excluding carboxylic acids is 1. The molecule has 3 rings (SSSR count). The highest BCUT2D eigenvalue weighted by Crippen LogP contribution is 2.29. The number of rotatable bonds is 4. The molecule has 4 nitrogen and oxygen atoms in total. The third-order valence-corrected chi connectivity index (χ3v) is 4.79. The Morgan fingerprint density at radius 1 is 1.29 bits per heavy atom. The summed E-state index contributed by atoms with van der Waals surface area (Å²) in [4.78, 5) is 18.3. The third kappa shape index (κ3) is 3.13. The lowest BCUT2D eigenvalue weighted by atomic mass is 9.99. The smallest absolute Gasteiger partial charge is 0.279 e. The van der Waals surface area contributed by atoms with Gasteiger partial charge in [-0.3, -0.25) is 20.6 Å². The molecule has 0 saturated heterocycles. The number of aromatic nitrogens is 1. The maximum atomic E-state index is 12.2. The zero-order valence-electron chi connectivity index (χ0n) is 11.7. The standard InChI is InChI=1S/C16H17N3OS/c1-11(13-6-4-8-17-10-13)18-19-16(20)15-9-12-5-2-3-7-14(12)21-15/h4,6,8-10,18H,1-3,5,7H2,(H,19,20). The van der Waals surface area contributed by atoms with Crippen LogP contribution < -0.4 is 10.9 Å². The van der Waals surface area contributed by atoms with Gasteiger partial charge >= 0.3 is 0 Å². The fraction of sp³-hybridized carbons (Fsp3) is 0.250. The number of hydrogen-bond donors (Lipinski definition) is 2. The van der Waals surface area contributed by atoms with Crippen LogP contribution in [0.1, 0.15) is 38.5 Å². The molecule has 108 valence electrons. The van der Waals surface area contributed by atoms with Gasteiger partial charge in [0.2, 0.25) is 0 Å². The zero-order chi connectivity index (χ0) is 14.7. The Balaban J connectivity index is 1.62. The van der Waals surface area contributed by atoms with Crippen molar-refractivity contribution in [1.29, 1.82) is 0 Å². The molecule has 0 radical (unpaired) electrons. The van der Waals surface area contributed by atoms with E-state index >= 15 is 0 Å². The summed E-state index contributed by atoms with van der Waals surface area (Å²) in [6.45, 7) is 3.89. The van der Waals surface area contributed by atoms with Crippen LogP contribution in [0.15, 0.2) is 37.2 Å². The van der Waals surface area contributed by atoms with Crippen LogP contribution in [0.2, 0.25) is 0 Å². The van der Waals surface area contributed by atoms with Gasteiger partial charge in [0.1, 0.15) is 0 Å². The first-order valence-corrected chi connectivity index (χ1v) is 7.83. The molecule has 5 heteroatoms. The molecule has 21 heavy (non-hydrogen) atoms. The first-order chi connectivity index (χ1) is 10.2. The van der Waals surface area contributed by atoms with E-state index in [0.29, 0.717) is 5.70 Å². The first kappa shape index (κ1) is 13.8. The topological polar surface area (TPSA) is 54.0 Å². The number of aryl methyl sites for hydroxylation is 2. The van der Waals surface area contributed by atoms with Gasteiger partial charge in [-0.05, 0) is 49.4 Å². The van der Waals surface area contributed by atoms with Crippen LogP contribution in [0, 0.1) is 0 Å². The number of hydrazine groups is 1. The van der Waals surface area contributed by atoms with Gasteiger partial charge in [-0.1, -0.05) is 6.58 Å². The Hall–Kier alpha value is -2.14. The lowest BCUT2D eigenvalue weighted by molar-refractivity contribution is 0.0946. The summed E-state index contributed by atoms with van der Waals surface area (Å²) >= 11 is 1.60. The van der Waals surface area contributed by atoms with Crippen molar-refractivity contribution in [1.82, 2.24) is 15.8 Å². The van der Waals surface area contributed by atoms with Crippen LogP contribution in [0.4, 0.5) is 0 Å². The van der Waals surface area contributed by atoms with E-state index in [4.69, 9.17) is 0 Å². The Bertz CT molecular complexity index is 640. The highest BCUT2D eigenvalue weighted by atomic mass is 32.1. The highest BCUT2D eigenvalue weighted by Gasteiger charge is 2.17. The predicted octanol–water partition coefficient (Wildman–Crippen LogP) is 2.93. The van der Waals surface area contributed by atoms with Crippen molar-refractivity contribution in [3.05, 3.63) is 58.1 Å². The number of amides is 1. The van der Waals surface area contributed by atoms with Gasteiger partial charge in [-0.25, -0.2) is 0 Å². The number of hydrogen-bond acceptors (Lipinski definition) is 4. The van der Waals surface area contributed by atoms with Gasteiger partial charge in [-0.15, -0.1) is 11.3 Å². The van der Waals surface area contributed by atoms with Gasteiger partial charge < -0.3 is 0 Å². The molecule has 0 aliphatic heterocycles. The monoisotopic (exact) mass is 299 g/mol. The Morgan fingerprint density at radius 2 is 2.14 bits per heavy atom. The average molecular weight is 299 g/mol. The molecule has 0 unspecified atom stereocenters. The quantitative estimate of drug-likeness (QED) is 0.854. The van der Waals surface area contributed by atoms with Gasteiger partial charge in [-0.2, -0.15) is 0 Å². The molecular formula is C16H17N3OS.